The molecule has 190 valence electrons. The molecule has 0 bridgehead atoms. The van der Waals surface area contributed by atoms with Crippen LogP contribution < -0.4 is 10.1 Å². The lowest BCUT2D eigenvalue weighted by Crippen LogP contribution is -2.46. The van der Waals surface area contributed by atoms with Gasteiger partial charge in [-0.3, -0.25) is 14.5 Å². The van der Waals surface area contributed by atoms with E-state index in [1.165, 1.54) is 12.7 Å². The van der Waals surface area contributed by atoms with Gasteiger partial charge in [-0.15, -0.1) is 0 Å². The number of anilines is 1. The summed E-state index contributed by atoms with van der Waals surface area (Å²) in [5.41, 5.74) is 2.22. The molecule has 0 unspecified atom stereocenters. The molecule has 2 aromatic carbocycles. The van der Waals surface area contributed by atoms with Gasteiger partial charge in [0.15, 0.2) is 0 Å². The Labute approximate surface area is 208 Å². The molecule has 0 fully saturated rings. The van der Waals surface area contributed by atoms with Gasteiger partial charge >= 0.3 is 0 Å². The zero-order valence-electron chi connectivity index (χ0n) is 21.3. The first-order chi connectivity index (χ1) is 16.8. The van der Waals surface area contributed by atoms with E-state index in [4.69, 9.17) is 14.2 Å². The van der Waals surface area contributed by atoms with E-state index < -0.39 is 0 Å². The second kappa shape index (κ2) is 12.7. The van der Waals surface area contributed by atoms with E-state index in [-0.39, 0.29) is 36.5 Å². The van der Waals surface area contributed by atoms with Crippen molar-refractivity contribution in [1.82, 2.24) is 9.80 Å². The van der Waals surface area contributed by atoms with Crippen molar-refractivity contribution < 1.29 is 23.8 Å². The summed E-state index contributed by atoms with van der Waals surface area (Å²) in [5.74, 6) is 0.201. The summed E-state index contributed by atoms with van der Waals surface area (Å²) in [5, 5.41) is 2.78. The zero-order valence-corrected chi connectivity index (χ0v) is 21.3. The van der Waals surface area contributed by atoms with Crippen LogP contribution in [0.5, 0.6) is 5.75 Å². The highest BCUT2D eigenvalue weighted by Gasteiger charge is 2.28. The number of carbonyl (C=O) groups is 2. The number of fused-ring (bicyclic) bond motifs is 1. The Morgan fingerprint density at radius 3 is 2.54 bits per heavy atom. The van der Waals surface area contributed by atoms with E-state index in [0.717, 1.165) is 13.1 Å². The van der Waals surface area contributed by atoms with Gasteiger partial charge in [-0.05, 0) is 30.5 Å². The number of nitrogens with zero attached hydrogens (tertiary/aromatic N) is 2. The first-order valence-corrected chi connectivity index (χ1v) is 11.9. The average molecular weight is 484 g/mol. The molecule has 8 nitrogen and oxygen atoms in total. The van der Waals surface area contributed by atoms with Crippen LogP contribution in [0.2, 0.25) is 0 Å². The summed E-state index contributed by atoms with van der Waals surface area (Å²) >= 11 is 0. The van der Waals surface area contributed by atoms with Crippen molar-refractivity contribution in [2.75, 3.05) is 52.9 Å². The fraction of sp³-hybridized carbons (Fsp3) is 0.481. The summed E-state index contributed by atoms with van der Waals surface area (Å²) < 4.78 is 16.9. The lowest BCUT2D eigenvalue weighted by Gasteiger charge is -2.36. The fourth-order valence-corrected chi connectivity index (χ4v) is 4.29. The molecule has 1 heterocycles. The number of hydrogen-bond acceptors (Lipinski definition) is 6. The summed E-state index contributed by atoms with van der Waals surface area (Å²) in [6.45, 7) is 6.64. The summed E-state index contributed by atoms with van der Waals surface area (Å²) in [4.78, 5) is 29.4. The highest BCUT2D eigenvalue weighted by atomic mass is 16.5. The molecule has 2 aromatic rings. The SMILES string of the molecule is COCC(=O)Nc1ccc2c(c1)OC[C@H](C)N(Cc1ccccc1)C[C@@H](C)[C@@H](OC)CN(C)C2=O. The Hall–Kier alpha value is -2.94. The van der Waals surface area contributed by atoms with Crippen LogP contribution in [0.4, 0.5) is 5.69 Å². The van der Waals surface area contributed by atoms with Gasteiger partial charge in [-0.2, -0.15) is 0 Å². The van der Waals surface area contributed by atoms with E-state index in [1.54, 1.807) is 37.3 Å². The van der Waals surface area contributed by atoms with Crippen molar-refractivity contribution in [2.45, 2.75) is 32.5 Å². The maximum absolute atomic E-state index is 13.3. The minimum absolute atomic E-state index is 0.0539. The normalized spacial score (nSPS) is 21.9. The van der Waals surface area contributed by atoms with Crippen LogP contribution in [0.15, 0.2) is 48.5 Å². The lowest BCUT2D eigenvalue weighted by molar-refractivity contribution is -0.119. The molecule has 1 aliphatic rings. The van der Waals surface area contributed by atoms with Crippen LogP contribution >= 0.6 is 0 Å². The molecule has 1 N–H and O–H groups in total. The standard InChI is InChI=1S/C27H37N3O5/c1-19-14-30(15-21-9-7-6-8-10-21)20(2)17-35-24-13-22(28-26(31)18-33-4)11-12-23(24)27(32)29(3)16-25(19)34-5/h6-13,19-20,25H,14-18H2,1-5H3,(H,28,31)/t19-,20+,25+/m1/s1. The van der Waals surface area contributed by atoms with Gasteiger partial charge in [-0.1, -0.05) is 37.3 Å². The van der Waals surface area contributed by atoms with E-state index in [2.05, 4.69) is 36.2 Å². The highest BCUT2D eigenvalue weighted by molar-refractivity contribution is 5.98. The van der Waals surface area contributed by atoms with Crippen LogP contribution in [0.25, 0.3) is 0 Å². The number of methoxy groups -OCH3 is 2. The zero-order chi connectivity index (χ0) is 25.4. The molecule has 0 radical (unpaired) electrons. The van der Waals surface area contributed by atoms with Crippen LogP contribution in [0, 0.1) is 5.92 Å². The number of benzene rings is 2. The molecule has 0 saturated heterocycles. The topological polar surface area (TPSA) is 80.3 Å². The molecule has 0 saturated carbocycles. The fourth-order valence-electron chi connectivity index (χ4n) is 4.29. The molecule has 8 heteroatoms. The number of hydrogen-bond donors (Lipinski definition) is 1. The lowest BCUT2D eigenvalue weighted by atomic mass is 10.0. The van der Waals surface area contributed by atoms with Gasteiger partial charge in [0, 0.05) is 58.7 Å². The maximum atomic E-state index is 13.3. The summed E-state index contributed by atoms with van der Waals surface area (Å²) in [6, 6.07) is 15.5. The Bertz CT molecular complexity index is 984. The number of nitrogens with one attached hydrogen (secondary N) is 1. The van der Waals surface area contributed by atoms with Crippen LogP contribution in [0.3, 0.4) is 0 Å². The van der Waals surface area contributed by atoms with Gasteiger partial charge in [0.2, 0.25) is 5.91 Å². The Morgan fingerprint density at radius 1 is 1.11 bits per heavy atom. The third-order valence-electron chi connectivity index (χ3n) is 6.36. The van der Waals surface area contributed by atoms with Crippen LogP contribution in [-0.2, 0) is 20.8 Å². The van der Waals surface area contributed by atoms with E-state index in [0.29, 0.717) is 30.2 Å². The minimum Gasteiger partial charge on any atom is -0.491 e. The summed E-state index contributed by atoms with van der Waals surface area (Å²) in [6.07, 6.45) is -0.120. The third kappa shape index (κ3) is 7.27. The van der Waals surface area contributed by atoms with Crippen LogP contribution in [-0.4, -0.2) is 81.3 Å². The number of likely N-dealkylation sites (N-methyl/N-ethyl adjacent to an activating group) is 1. The van der Waals surface area contributed by atoms with Crippen molar-refractivity contribution in [3.05, 3.63) is 59.7 Å². The van der Waals surface area contributed by atoms with Gasteiger partial charge in [-0.25, -0.2) is 0 Å². The average Bonchev–Trinajstić information content (AvgIpc) is 2.85. The van der Waals surface area contributed by atoms with Crippen LogP contribution in [0.1, 0.15) is 29.8 Å². The number of amides is 2. The molecule has 2 amide bonds. The van der Waals surface area contributed by atoms with E-state index in [9.17, 15) is 9.59 Å². The molecule has 1 aliphatic heterocycles. The molecular weight excluding hydrogens is 446 g/mol. The van der Waals surface area contributed by atoms with Gasteiger partial charge in [0.05, 0.1) is 11.7 Å². The number of ether oxygens (including phenoxy) is 3. The molecule has 0 spiro atoms. The predicted octanol–water partition coefficient (Wildman–Crippen LogP) is 3.28. The molecule has 0 aromatic heterocycles. The van der Waals surface area contributed by atoms with Crippen molar-refractivity contribution >= 4 is 17.5 Å². The second-order valence-electron chi connectivity index (χ2n) is 9.20. The second-order valence-corrected chi connectivity index (χ2v) is 9.20. The van der Waals surface area contributed by atoms with Crippen molar-refractivity contribution in [3.63, 3.8) is 0 Å². The largest absolute Gasteiger partial charge is 0.491 e. The molecule has 3 atom stereocenters. The van der Waals surface area contributed by atoms with Gasteiger partial charge in [0.25, 0.3) is 5.91 Å². The molecular formula is C27H37N3O5. The van der Waals surface area contributed by atoms with Gasteiger partial charge in [0.1, 0.15) is 19.0 Å². The first kappa shape index (κ1) is 26.7. The van der Waals surface area contributed by atoms with Crippen molar-refractivity contribution in [3.8, 4) is 5.75 Å². The Balaban J connectivity index is 1.92. The van der Waals surface area contributed by atoms with E-state index >= 15 is 0 Å². The Morgan fingerprint density at radius 2 is 1.86 bits per heavy atom. The number of rotatable bonds is 6. The molecule has 35 heavy (non-hydrogen) atoms. The summed E-state index contributed by atoms with van der Waals surface area (Å²) in [7, 11) is 4.93. The molecule has 3 rings (SSSR count). The van der Waals surface area contributed by atoms with Crippen molar-refractivity contribution in [2.24, 2.45) is 5.92 Å². The quantitative estimate of drug-likeness (QED) is 0.679. The predicted molar refractivity (Wildman–Crippen MR) is 136 cm³/mol. The number of carbonyl (C=O) groups excluding carboxylic acids is 2. The monoisotopic (exact) mass is 483 g/mol. The minimum atomic E-state index is -0.275. The highest BCUT2D eigenvalue weighted by Crippen LogP contribution is 2.27. The van der Waals surface area contributed by atoms with E-state index in [1.807, 2.05) is 18.2 Å². The smallest absolute Gasteiger partial charge is 0.257 e. The van der Waals surface area contributed by atoms with Crippen molar-refractivity contribution in [1.29, 1.82) is 0 Å². The third-order valence-corrected chi connectivity index (χ3v) is 6.36. The first-order valence-electron chi connectivity index (χ1n) is 11.9. The van der Waals surface area contributed by atoms with Gasteiger partial charge < -0.3 is 24.4 Å². The maximum Gasteiger partial charge on any atom is 0.257 e. The Kier molecular flexibility index (Phi) is 9.65. The molecule has 0 aliphatic carbocycles.